The molecule has 5 heteroatoms. The summed E-state index contributed by atoms with van der Waals surface area (Å²) in [5, 5.41) is 5.70. The summed E-state index contributed by atoms with van der Waals surface area (Å²) < 4.78 is 2.01. The van der Waals surface area contributed by atoms with Crippen molar-refractivity contribution in [3.05, 3.63) is 56.2 Å². The molecule has 0 amide bonds. The second kappa shape index (κ2) is 11.0. The van der Waals surface area contributed by atoms with Gasteiger partial charge in [0.15, 0.2) is 0 Å². The number of pyridine rings is 1. The lowest BCUT2D eigenvalue weighted by Gasteiger charge is -2.27. The van der Waals surface area contributed by atoms with Crippen LogP contribution in [0.5, 0.6) is 0 Å². The molecular formula is C26H36ClN3O. The van der Waals surface area contributed by atoms with Crippen LogP contribution < -0.4 is 10.9 Å². The zero-order valence-electron chi connectivity index (χ0n) is 19.4. The summed E-state index contributed by atoms with van der Waals surface area (Å²) in [6.07, 6.45) is 10.9. The fourth-order valence-corrected chi connectivity index (χ4v) is 4.64. The quantitative estimate of drug-likeness (QED) is 0.357. The fourth-order valence-electron chi connectivity index (χ4n) is 4.46. The number of halogens is 1. The molecule has 1 heterocycles. The Hall–Kier alpha value is -2.07. The number of nitrogens with zero attached hydrogens (tertiary/aromatic N) is 2. The van der Waals surface area contributed by atoms with Gasteiger partial charge in [0.1, 0.15) is 5.82 Å². The molecule has 31 heavy (non-hydrogen) atoms. The van der Waals surface area contributed by atoms with Gasteiger partial charge in [-0.1, -0.05) is 57.2 Å². The number of hydrogen-bond acceptors (Lipinski definition) is 3. The van der Waals surface area contributed by atoms with Gasteiger partial charge < -0.3 is 9.88 Å². The van der Waals surface area contributed by atoms with Gasteiger partial charge in [-0.2, -0.15) is 0 Å². The summed E-state index contributed by atoms with van der Waals surface area (Å²) in [5.41, 5.74) is 3.31. The van der Waals surface area contributed by atoms with Gasteiger partial charge in [0.2, 0.25) is 0 Å². The molecule has 1 aromatic carbocycles. The molecule has 3 rings (SSSR count). The van der Waals surface area contributed by atoms with E-state index in [0.29, 0.717) is 10.4 Å². The first-order valence-electron chi connectivity index (χ1n) is 11.8. The number of benzene rings is 1. The van der Waals surface area contributed by atoms with E-state index in [1.807, 2.05) is 29.0 Å². The van der Waals surface area contributed by atoms with Crippen molar-refractivity contribution in [2.45, 2.75) is 85.1 Å². The molecule has 168 valence electrons. The average molecular weight is 442 g/mol. The highest BCUT2D eigenvalue weighted by Crippen LogP contribution is 2.31. The second-order valence-corrected chi connectivity index (χ2v) is 9.11. The van der Waals surface area contributed by atoms with Crippen LogP contribution in [0.2, 0.25) is 5.02 Å². The topological polar surface area (TPSA) is 46.4 Å². The highest BCUT2D eigenvalue weighted by atomic mass is 35.5. The van der Waals surface area contributed by atoms with Crippen LogP contribution in [0.4, 0.5) is 0 Å². The van der Waals surface area contributed by atoms with Gasteiger partial charge in [-0.05, 0) is 62.6 Å². The van der Waals surface area contributed by atoms with Gasteiger partial charge >= 0.3 is 0 Å². The molecule has 0 saturated heterocycles. The summed E-state index contributed by atoms with van der Waals surface area (Å²) in [5.74, 6) is 0.938. The molecule has 2 aromatic rings. The molecule has 1 aliphatic carbocycles. The summed E-state index contributed by atoms with van der Waals surface area (Å²) in [7, 11) is 0. The zero-order chi connectivity index (χ0) is 22.4. The zero-order valence-corrected chi connectivity index (χ0v) is 20.2. The van der Waals surface area contributed by atoms with Crippen molar-refractivity contribution in [3.63, 3.8) is 0 Å². The van der Waals surface area contributed by atoms with E-state index in [0.717, 1.165) is 61.1 Å². The second-order valence-electron chi connectivity index (χ2n) is 8.68. The van der Waals surface area contributed by atoms with Gasteiger partial charge in [0.05, 0.1) is 0 Å². The molecule has 0 aliphatic heterocycles. The minimum Gasteiger partial charge on any atom is -0.370 e. The third-order valence-corrected chi connectivity index (χ3v) is 6.73. The first-order chi connectivity index (χ1) is 15.0. The number of nitrogens with one attached hydrogen (secondary N) is 1. The summed E-state index contributed by atoms with van der Waals surface area (Å²) in [6.45, 7) is 9.44. The number of aromatic nitrogens is 1. The standard InChI is InChI=1S/C26H36ClN3O/c1-5-7-15-28-25(18(3)6-2)29-17-24-19(4)30(21-11-9-8-10-12-21)26(31)23-16-20(27)13-14-22(23)24/h13-14,16-17,21,28H,5-12,15H2,1-4H3/b25-18+,29-17-. The Morgan fingerprint density at radius 3 is 2.65 bits per heavy atom. The van der Waals surface area contributed by atoms with E-state index in [4.69, 9.17) is 16.6 Å². The maximum absolute atomic E-state index is 13.5. The normalized spacial score (nSPS) is 16.2. The molecule has 4 nitrogen and oxygen atoms in total. The molecule has 0 bridgehead atoms. The van der Waals surface area contributed by atoms with Crippen molar-refractivity contribution in [2.75, 3.05) is 6.54 Å². The molecule has 0 radical (unpaired) electrons. The molecular weight excluding hydrogens is 406 g/mol. The molecule has 0 unspecified atom stereocenters. The number of allylic oxidation sites excluding steroid dienone is 1. The van der Waals surface area contributed by atoms with Gasteiger partial charge in [0, 0.05) is 40.5 Å². The lowest BCUT2D eigenvalue weighted by atomic mass is 9.93. The maximum Gasteiger partial charge on any atom is 0.258 e. The lowest BCUT2D eigenvalue weighted by Crippen LogP contribution is -2.29. The SMILES string of the molecule is CCCCNC(/N=C\c1c(C)n(C2CCCCC2)c(=O)c2cc(Cl)ccc12)=C(/C)CC. The minimum atomic E-state index is 0.0700. The highest BCUT2D eigenvalue weighted by molar-refractivity contribution is 6.31. The third-order valence-electron chi connectivity index (χ3n) is 6.49. The van der Waals surface area contributed by atoms with E-state index < -0.39 is 0 Å². The van der Waals surface area contributed by atoms with E-state index in [2.05, 4.69) is 33.0 Å². The van der Waals surface area contributed by atoms with Crippen LogP contribution in [0.3, 0.4) is 0 Å². The predicted molar refractivity (Wildman–Crippen MR) is 134 cm³/mol. The van der Waals surface area contributed by atoms with Crippen molar-refractivity contribution >= 4 is 28.6 Å². The van der Waals surface area contributed by atoms with E-state index in [-0.39, 0.29) is 11.6 Å². The minimum absolute atomic E-state index is 0.0700. The Bertz CT molecular complexity index is 1030. The number of hydrogen-bond donors (Lipinski definition) is 1. The molecule has 1 aromatic heterocycles. The summed E-state index contributed by atoms with van der Waals surface area (Å²) in [4.78, 5) is 18.3. The average Bonchev–Trinajstić information content (AvgIpc) is 2.78. The molecule has 0 atom stereocenters. The van der Waals surface area contributed by atoms with Gasteiger partial charge in [0.25, 0.3) is 5.56 Å². The van der Waals surface area contributed by atoms with Crippen molar-refractivity contribution in [1.82, 2.24) is 9.88 Å². The Labute approximate surface area is 191 Å². The monoisotopic (exact) mass is 441 g/mol. The van der Waals surface area contributed by atoms with Crippen LogP contribution in [0.15, 0.2) is 39.4 Å². The smallest absolute Gasteiger partial charge is 0.258 e. The van der Waals surface area contributed by atoms with Crippen LogP contribution in [0, 0.1) is 6.92 Å². The van der Waals surface area contributed by atoms with Crippen LogP contribution in [0.25, 0.3) is 10.8 Å². The maximum atomic E-state index is 13.5. The van der Waals surface area contributed by atoms with Crippen molar-refractivity contribution in [2.24, 2.45) is 4.99 Å². The molecule has 1 aliphatic rings. The van der Waals surface area contributed by atoms with Crippen LogP contribution in [0.1, 0.15) is 89.4 Å². The van der Waals surface area contributed by atoms with Crippen molar-refractivity contribution in [3.8, 4) is 0 Å². The Balaban J connectivity index is 2.14. The molecule has 1 N–H and O–H groups in total. The van der Waals surface area contributed by atoms with E-state index >= 15 is 0 Å². The third kappa shape index (κ3) is 5.41. The lowest BCUT2D eigenvalue weighted by molar-refractivity contribution is 0.343. The van der Waals surface area contributed by atoms with E-state index in [1.54, 1.807) is 0 Å². The first-order valence-corrected chi connectivity index (χ1v) is 12.2. The number of fused-ring (bicyclic) bond motifs is 1. The number of unbranched alkanes of at least 4 members (excludes halogenated alkanes) is 1. The van der Waals surface area contributed by atoms with Crippen molar-refractivity contribution < 1.29 is 0 Å². The van der Waals surface area contributed by atoms with E-state index in [1.165, 1.54) is 24.8 Å². The van der Waals surface area contributed by atoms with Crippen LogP contribution in [-0.2, 0) is 0 Å². The highest BCUT2D eigenvalue weighted by Gasteiger charge is 2.21. The van der Waals surface area contributed by atoms with Crippen molar-refractivity contribution in [1.29, 1.82) is 0 Å². The Morgan fingerprint density at radius 2 is 1.97 bits per heavy atom. The van der Waals surface area contributed by atoms with Crippen LogP contribution >= 0.6 is 11.6 Å². The Kier molecular flexibility index (Phi) is 8.36. The van der Waals surface area contributed by atoms with E-state index in [9.17, 15) is 4.79 Å². The predicted octanol–water partition coefficient (Wildman–Crippen LogP) is 6.92. The summed E-state index contributed by atoms with van der Waals surface area (Å²) >= 11 is 6.28. The molecule has 1 saturated carbocycles. The molecule has 0 spiro atoms. The fraction of sp³-hybridized carbons (Fsp3) is 0.538. The molecule has 1 fully saturated rings. The Morgan fingerprint density at radius 1 is 1.23 bits per heavy atom. The van der Waals surface area contributed by atoms with Gasteiger partial charge in [-0.3, -0.25) is 4.79 Å². The number of aliphatic imine (C=N–C) groups is 1. The van der Waals surface area contributed by atoms with Crippen LogP contribution in [-0.4, -0.2) is 17.3 Å². The first kappa shape index (κ1) is 23.6. The largest absolute Gasteiger partial charge is 0.370 e. The summed E-state index contributed by atoms with van der Waals surface area (Å²) in [6, 6.07) is 5.88. The van der Waals surface area contributed by atoms with Gasteiger partial charge in [-0.15, -0.1) is 0 Å². The number of rotatable bonds is 8. The van der Waals surface area contributed by atoms with Gasteiger partial charge in [-0.25, -0.2) is 4.99 Å².